The average molecular weight is 307 g/mol. The second kappa shape index (κ2) is 8.27. The summed E-state index contributed by atoms with van der Waals surface area (Å²) in [6.45, 7) is 4.16. The number of amides is 2. The number of thioether (sulfide) groups is 1. The largest absolute Gasteiger partial charge is 0.334 e. The first kappa shape index (κ1) is 16.1. The summed E-state index contributed by atoms with van der Waals surface area (Å²) in [7, 11) is 0. The average Bonchev–Trinajstić information content (AvgIpc) is 2.50. The molecule has 1 aromatic rings. The first-order chi connectivity index (χ1) is 10.2. The van der Waals surface area contributed by atoms with E-state index in [4.69, 9.17) is 0 Å². The van der Waals surface area contributed by atoms with Crippen molar-refractivity contribution in [2.75, 3.05) is 5.75 Å². The molecule has 1 aromatic heterocycles. The molecule has 0 saturated heterocycles. The highest BCUT2D eigenvalue weighted by molar-refractivity contribution is 7.99. The predicted octanol–water partition coefficient (Wildman–Crippen LogP) is 3.51. The monoisotopic (exact) mass is 307 g/mol. The summed E-state index contributed by atoms with van der Waals surface area (Å²) >= 11 is 1.97. The van der Waals surface area contributed by atoms with Gasteiger partial charge in [0, 0.05) is 23.7 Å². The van der Waals surface area contributed by atoms with E-state index in [-0.39, 0.29) is 12.1 Å². The first-order valence-corrected chi connectivity index (χ1v) is 8.84. The Labute approximate surface area is 131 Å². The second-order valence-electron chi connectivity index (χ2n) is 5.51. The summed E-state index contributed by atoms with van der Waals surface area (Å²) in [4.78, 5) is 16.3. The Hall–Kier alpha value is -1.23. The molecule has 2 rings (SSSR count). The smallest absolute Gasteiger partial charge is 0.315 e. The number of carbonyl (C=O) groups is 1. The molecule has 4 nitrogen and oxygen atoms in total. The minimum atomic E-state index is -0.0695. The van der Waals surface area contributed by atoms with Gasteiger partial charge >= 0.3 is 6.03 Å². The Morgan fingerprint density at radius 3 is 3.00 bits per heavy atom. The lowest BCUT2D eigenvalue weighted by Gasteiger charge is -2.32. The van der Waals surface area contributed by atoms with Crippen LogP contribution in [0.5, 0.6) is 0 Å². The fraction of sp³-hybridized carbons (Fsp3) is 0.625. The summed E-state index contributed by atoms with van der Waals surface area (Å²) in [5.74, 6) is 1.11. The number of nitrogens with one attached hydrogen (secondary N) is 2. The van der Waals surface area contributed by atoms with Gasteiger partial charge in [-0.3, -0.25) is 4.98 Å². The van der Waals surface area contributed by atoms with Crippen LogP contribution in [0, 0.1) is 0 Å². The molecule has 116 valence electrons. The number of aromatic nitrogens is 1. The van der Waals surface area contributed by atoms with Crippen LogP contribution in [0.15, 0.2) is 24.5 Å². The van der Waals surface area contributed by atoms with E-state index in [1.165, 1.54) is 19.3 Å². The molecule has 1 fully saturated rings. The van der Waals surface area contributed by atoms with Gasteiger partial charge in [-0.2, -0.15) is 11.8 Å². The van der Waals surface area contributed by atoms with E-state index in [0.29, 0.717) is 11.3 Å². The van der Waals surface area contributed by atoms with E-state index < -0.39 is 0 Å². The summed E-state index contributed by atoms with van der Waals surface area (Å²) in [5, 5.41) is 6.73. The van der Waals surface area contributed by atoms with Gasteiger partial charge in [-0.25, -0.2) is 4.79 Å². The zero-order valence-corrected chi connectivity index (χ0v) is 13.7. The molecule has 1 aliphatic rings. The predicted molar refractivity (Wildman–Crippen MR) is 88.5 cm³/mol. The van der Waals surface area contributed by atoms with Crippen molar-refractivity contribution in [1.29, 1.82) is 0 Å². The Bertz CT molecular complexity index is 438. The van der Waals surface area contributed by atoms with Crippen molar-refractivity contribution in [3.8, 4) is 0 Å². The van der Waals surface area contributed by atoms with Crippen molar-refractivity contribution < 1.29 is 4.79 Å². The van der Waals surface area contributed by atoms with E-state index in [1.807, 2.05) is 30.8 Å². The molecule has 1 aliphatic carbocycles. The van der Waals surface area contributed by atoms with Crippen molar-refractivity contribution in [3.63, 3.8) is 0 Å². The van der Waals surface area contributed by atoms with Crippen molar-refractivity contribution in [2.24, 2.45) is 0 Å². The van der Waals surface area contributed by atoms with Crippen LogP contribution in [-0.4, -0.2) is 28.1 Å². The number of pyridine rings is 1. The van der Waals surface area contributed by atoms with Gasteiger partial charge in [0.25, 0.3) is 0 Å². The number of nitrogens with zero attached hydrogens (tertiary/aromatic N) is 1. The van der Waals surface area contributed by atoms with Crippen LogP contribution in [-0.2, 0) is 0 Å². The number of hydrogen-bond acceptors (Lipinski definition) is 3. The van der Waals surface area contributed by atoms with Gasteiger partial charge < -0.3 is 10.6 Å². The van der Waals surface area contributed by atoms with E-state index in [2.05, 4.69) is 22.5 Å². The zero-order valence-electron chi connectivity index (χ0n) is 12.8. The number of rotatable bonds is 5. The molecule has 21 heavy (non-hydrogen) atoms. The van der Waals surface area contributed by atoms with Gasteiger partial charge in [-0.1, -0.05) is 25.8 Å². The van der Waals surface area contributed by atoms with Crippen molar-refractivity contribution in [1.82, 2.24) is 15.6 Å². The number of hydrogen-bond donors (Lipinski definition) is 2. The van der Waals surface area contributed by atoms with Crippen molar-refractivity contribution in [3.05, 3.63) is 30.1 Å². The van der Waals surface area contributed by atoms with Crippen molar-refractivity contribution >= 4 is 17.8 Å². The lowest BCUT2D eigenvalue weighted by molar-refractivity contribution is 0.230. The van der Waals surface area contributed by atoms with E-state index >= 15 is 0 Å². The van der Waals surface area contributed by atoms with Gasteiger partial charge in [0.2, 0.25) is 0 Å². The molecule has 1 saturated carbocycles. The van der Waals surface area contributed by atoms with Crippen molar-refractivity contribution in [2.45, 2.75) is 56.9 Å². The Morgan fingerprint density at radius 2 is 2.29 bits per heavy atom. The highest BCUT2D eigenvalue weighted by atomic mass is 32.2. The lowest BCUT2D eigenvalue weighted by Crippen LogP contribution is -2.48. The molecule has 0 spiro atoms. The Kier molecular flexibility index (Phi) is 6.36. The van der Waals surface area contributed by atoms with Gasteiger partial charge in [0.15, 0.2) is 0 Å². The SMILES string of the molecule is CCS[C@@H]1CCCC[C@@H]1NC(=O)N[C@H](C)c1cccnc1. The Morgan fingerprint density at radius 1 is 1.48 bits per heavy atom. The van der Waals surface area contributed by atoms with Crippen LogP contribution < -0.4 is 10.6 Å². The molecule has 2 amide bonds. The second-order valence-corrected chi connectivity index (χ2v) is 7.03. The molecular weight excluding hydrogens is 282 g/mol. The maximum atomic E-state index is 12.2. The maximum Gasteiger partial charge on any atom is 0.315 e. The van der Waals surface area contributed by atoms with Gasteiger partial charge in [0.05, 0.1) is 6.04 Å². The van der Waals surface area contributed by atoms with E-state index in [0.717, 1.165) is 17.7 Å². The van der Waals surface area contributed by atoms with Crippen LogP contribution in [0.4, 0.5) is 4.79 Å². The van der Waals surface area contributed by atoms with Gasteiger partial charge in [0.1, 0.15) is 0 Å². The lowest BCUT2D eigenvalue weighted by atomic mass is 9.95. The topological polar surface area (TPSA) is 54.0 Å². The normalized spacial score (nSPS) is 23.3. The molecule has 0 radical (unpaired) electrons. The molecule has 0 unspecified atom stereocenters. The van der Waals surface area contributed by atoms with Gasteiger partial charge in [-0.15, -0.1) is 0 Å². The molecule has 3 atom stereocenters. The molecule has 5 heteroatoms. The molecule has 0 bridgehead atoms. The van der Waals surface area contributed by atoms with Gasteiger partial charge in [-0.05, 0) is 37.1 Å². The minimum Gasteiger partial charge on any atom is -0.334 e. The third kappa shape index (κ3) is 4.92. The quantitative estimate of drug-likeness (QED) is 0.875. The first-order valence-electron chi connectivity index (χ1n) is 7.79. The summed E-state index contributed by atoms with van der Waals surface area (Å²) in [6.07, 6.45) is 8.33. The number of urea groups is 1. The molecule has 2 N–H and O–H groups in total. The third-order valence-electron chi connectivity index (χ3n) is 3.93. The van der Waals surface area contributed by atoms with Crippen LogP contribution in [0.25, 0.3) is 0 Å². The van der Waals surface area contributed by atoms with Crippen LogP contribution in [0.3, 0.4) is 0 Å². The van der Waals surface area contributed by atoms with Crippen LogP contribution in [0.1, 0.15) is 51.1 Å². The molecular formula is C16H25N3OS. The fourth-order valence-electron chi connectivity index (χ4n) is 2.80. The van der Waals surface area contributed by atoms with Crippen LogP contribution in [0.2, 0.25) is 0 Å². The summed E-state index contributed by atoms with van der Waals surface area (Å²) in [5.41, 5.74) is 1.02. The van der Waals surface area contributed by atoms with E-state index in [1.54, 1.807) is 12.4 Å². The number of carbonyl (C=O) groups excluding carboxylic acids is 1. The third-order valence-corrected chi connectivity index (χ3v) is 5.26. The standard InChI is InChI=1S/C16H25N3OS/c1-3-21-15-9-5-4-8-14(15)19-16(20)18-12(2)13-7-6-10-17-11-13/h6-7,10-12,14-15H,3-5,8-9H2,1-2H3,(H2,18,19,20)/t12-,14+,15-/m1/s1. The molecule has 0 aliphatic heterocycles. The summed E-state index contributed by atoms with van der Waals surface area (Å²) < 4.78 is 0. The highest BCUT2D eigenvalue weighted by Crippen LogP contribution is 2.28. The zero-order chi connectivity index (χ0) is 15.1. The molecule has 0 aromatic carbocycles. The molecule has 1 heterocycles. The minimum absolute atomic E-state index is 0.0282. The maximum absolute atomic E-state index is 12.2. The van der Waals surface area contributed by atoms with Crippen LogP contribution >= 0.6 is 11.8 Å². The van der Waals surface area contributed by atoms with E-state index in [9.17, 15) is 4.79 Å². The highest BCUT2D eigenvalue weighted by Gasteiger charge is 2.26. The fourth-order valence-corrected chi connectivity index (χ4v) is 4.00. The Balaban J connectivity index is 1.85. The summed E-state index contributed by atoms with van der Waals surface area (Å²) in [6, 6.07) is 4.07.